The second-order valence-electron chi connectivity index (χ2n) is 3.62. The van der Waals surface area contributed by atoms with Gasteiger partial charge in [-0.05, 0) is 12.1 Å². The Morgan fingerprint density at radius 1 is 1.25 bits per heavy atom. The van der Waals surface area contributed by atoms with Crippen molar-refractivity contribution in [2.24, 2.45) is 5.73 Å². The van der Waals surface area contributed by atoms with Crippen LogP contribution in [0.15, 0.2) is 33.5 Å². The summed E-state index contributed by atoms with van der Waals surface area (Å²) in [5.74, 6) is -1.83. The lowest BCUT2D eigenvalue weighted by Crippen LogP contribution is -2.33. The highest BCUT2D eigenvalue weighted by molar-refractivity contribution is 6.01. The smallest absolute Gasteiger partial charge is 0.302 e. The Kier molecular flexibility index (Phi) is 3.80. The number of oxazole rings is 1. The first-order valence-corrected chi connectivity index (χ1v) is 5.43. The number of rotatable bonds is 5. The number of furan rings is 1. The third-order valence-electron chi connectivity index (χ3n) is 2.13. The van der Waals surface area contributed by atoms with Crippen LogP contribution in [0.1, 0.15) is 21.0 Å². The number of hydrogen-bond donors (Lipinski definition) is 3. The first-order valence-electron chi connectivity index (χ1n) is 5.43. The molecule has 3 amide bonds. The lowest BCUT2D eigenvalue weighted by Gasteiger charge is -1.98. The van der Waals surface area contributed by atoms with Crippen molar-refractivity contribution in [1.29, 1.82) is 0 Å². The van der Waals surface area contributed by atoms with Crippen molar-refractivity contribution in [3.8, 4) is 0 Å². The largest absolute Gasteiger partial charge is 0.459 e. The maximum Gasteiger partial charge on any atom is 0.302 e. The Balaban J connectivity index is 1.97. The molecule has 0 saturated heterocycles. The highest BCUT2D eigenvalue weighted by Gasteiger charge is 2.16. The van der Waals surface area contributed by atoms with Crippen LogP contribution in [0.4, 0.5) is 6.01 Å². The zero-order chi connectivity index (χ0) is 14.5. The third-order valence-corrected chi connectivity index (χ3v) is 2.13. The van der Waals surface area contributed by atoms with Gasteiger partial charge in [0.1, 0.15) is 6.26 Å². The van der Waals surface area contributed by atoms with E-state index in [9.17, 15) is 14.4 Å². The molecule has 2 aromatic rings. The molecule has 0 aliphatic heterocycles. The maximum absolute atomic E-state index is 11.6. The van der Waals surface area contributed by atoms with Crippen molar-refractivity contribution >= 4 is 23.7 Å². The van der Waals surface area contributed by atoms with Gasteiger partial charge >= 0.3 is 6.01 Å². The fraction of sp³-hybridized carbons (Fsp3) is 0.0909. The van der Waals surface area contributed by atoms with E-state index >= 15 is 0 Å². The van der Waals surface area contributed by atoms with E-state index in [1.165, 1.54) is 12.3 Å². The molecule has 0 radical (unpaired) electrons. The van der Waals surface area contributed by atoms with E-state index in [0.29, 0.717) is 0 Å². The molecule has 9 heteroatoms. The molecule has 2 rings (SSSR count). The van der Waals surface area contributed by atoms with E-state index in [2.05, 4.69) is 15.6 Å². The summed E-state index contributed by atoms with van der Waals surface area (Å²) in [6.45, 7) is -0.320. The minimum atomic E-state index is -0.687. The molecule has 2 heterocycles. The molecule has 0 aliphatic carbocycles. The van der Waals surface area contributed by atoms with E-state index in [-0.39, 0.29) is 24.0 Å². The zero-order valence-electron chi connectivity index (χ0n) is 10.1. The predicted octanol–water partition coefficient (Wildman–Crippen LogP) is -0.265. The first-order chi connectivity index (χ1) is 9.56. The van der Waals surface area contributed by atoms with Crippen LogP contribution < -0.4 is 16.4 Å². The van der Waals surface area contributed by atoms with Crippen LogP contribution in [-0.4, -0.2) is 29.3 Å². The lowest BCUT2D eigenvalue weighted by atomic mass is 10.4. The predicted molar refractivity (Wildman–Crippen MR) is 64.7 cm³/mol. The molecule has 0 bridgehead atoms. The Hall–Kier alpha value is -3.10. The molecule has 104 valence electrons. The fourth-order valence-electron chi connectivity index (χ4n) is 1.26. The van der Waals surface area contributed by atoms with Crippen LogP contribution in [0.3, 0.4) is 0 Å². The number of aromatic nitrogens is 1. The molecule has 0 saturated carbocycles. The van der Waals surface area contributed by atoms with E-state index < -0.39 is 17.7 Å². The van der Waals surface area contributed by atoms with Gasteiger partial charge < -0.3 is 19.9 Å². The summed E-state index contributed by atoms with van der Waals surface area (Å²) in [6.07, 6.45) is 2.38. The standard InChI is InChI=1S/C11H10N4O5/c12-8(16)4-13-9(17)6-5-20-11(14-6)15-10(18)7-2-1-3-19-7/h1-3,5H,4H2,(H2,12,16)(H,13,17)(H,14,15,18). The molecule has 0 spiro atoms. The SMILES string of the molecule is NC(=O)CNC(=O)c1coc(NC(=O)c2ccco2)n1. The normalized spacial score (nSPS) is 10.0. The van der Waals surface area contributed by atoms with E-state index in [1.807, 2.05) is 0 Å². The van der Waals surface area contributed by atoms with Crippen molar-refractivity contribution in [3.05, 3.63) is 36.1 Å². The van der Waals surface area contributed by atoms with Gasteiger partial charge in [-0.15, -0.1) is 0 Å². The third kappa shape index (κ3) is 3.22. The molecule has 2 aromatic heterocycles. The van der Waals surface area contributed by atoms with E-state index in [1.54, 1.807) is 6.07 Å². The van der Waals surface area contributed by atoms with E-state index in [0.717, 1.165) is 6.26 Å². The van der Waals surface area contributed by atoms with Crippen LogP contribution in [0.25, 0.3) is 0 Å². The van der Waals surface area contributed by atoms with Gasteiger partial charge in [0.25, 0.3) is 11.8 Å². The Bertz CT molecular complexity index is 631. The van der Waals surface area contributed by atoms with Crippen molar-refractivity contribution in [1.82, 2.24) is 10.3 Å². The number of carbonyl (C=O) groups excluding carboxylic acids is 3. The first kappa shape index (κ1) is 13.3. The van der Waals surface area contributed by atoms with Crippen molar-refractivity contribution in [2.75, 3.05) is 11.9 Å². The van der Waals surface area contributed by atoms with Gasteiger partial charge in [-0.25, -0.2) is 0 Å². The van der Waals surface area contributed by atoms with Crippen LogP contribution in [0, 0.1) is 0 Å². The second-order valence-corrected chi connectivity index (χ2v) is 3.62. The minimum absolute atomic E-state index is 0.0722. The number of amides is 3. The number of nitrogens with two attached hydrogens (primary N) is 1. The molecule has 20 heavy (non-hydrogen) atoms. The molecule has 0 aliphatic rings. The van der Waals surface area contributed by atoms with Gasteiger partial charge in [-0.1, -0.05) is 0 Å². The summed E-state index contributed by atoms with van der Waals surface area (Å²) in [6, 6.07) is 2.84. The molecule has 4 N–H and O–H groups in total. The van der Waals surface area contributed by atoms with Crippen LogP contribution >= 0.6 is 0 Å². The molecule has 0 unspecified atom stereocenters. The Morgan fingerprint density at radius 3 is 2.70 bits per heavy atom. The van der Waals surface area contributed by atoms with E-state index in [4.69, 9.17) is 14.6 Å². The summed E-state index contributed by atoms with van der Waals surface area (Å²) in [4.78, 5) is 37.4. The number of carbonyl (C=O) groups is 3. The van der Waals surface area contributed by atoms with Gasteiger partial charge in [-0.3, -0.25) is 19.7 Å². The number of nitrogens with one attached hydrogen (secondary N) is 2. The summed E-state index contributed by atoms with van der Waals surface area (Å²) < 4.78 is 9.77. The monoisotopic (exact) mass is 278 g/mol. The molecule has 0 fully saturated rings. The fourth-order valence-corrected chi connectivity index (χ4v) is 1.26. The quantitative estimate of drug-likeness (QED) is 0.687. The second kappa shape index (κ2) is 5.69. The maximum atomic E-state index is 11.6. The molecule has 9 nitrogen and oxygen atoms in total. The average Bonchev–Trinajstić information content (AvgIpc) is 3.06. The molecule has 0 aromatic carbocycles. The topological polar surface area (TPSA) is 140 Å². The van der Waals surface area contributed by atoms with Crippen LogP contribution in [0.5, 0.6) is 0 Å². The molecular weight excluding hydrogens is 268 g/mol. The number of anilines is 1. The van der Waals surface area contributed by atoms with Crippen LogP contribution in [-0.2, 0) is 4.79 Å². The summed E-state index contributed by atoms with van der Waals surface area (Å²) in [7, 11) is 0. The van der Waals surface area contributed by atoms with Gasteiger partial charge in [0.15, 0.2) is 11.5 Å². The Labute approximate surface area is 112 Å². The number of primary amides is 1. The molecule has 0 atom stereocenters. The van der Waals surface area contributed by atoms with Gasteiger partial charge in [0, 0.05) is 0 Å². The van der Waals surface area contributed by atoms with Gasteiger partial charge in [-0.2, -0.15) is 4.98 Å². The Morgan fingerprint density at radius 2 is 2.05 bits per heavy atom. The average molecular weight is 278 g/mol. The number of nitrogens with zero attached hydrogens (tertiary/aromatic N) is 1. The summed E-state index contributed by atoms with van der Waals surface area (Å²) >= 11 is 0. The summed E-state index contributed by atoms with van der Waals surface area (Å²) in [5.41, 5.74) is 4.78. The number of hydrogen-bond acceptors (Lipinski definition) is 6. The van der Waals surface area contributed by atoms with Crippen molar-refractivity contribution in [3.63, 3.8) is 0 Å². The van der Waals surface area contributed by atoms with Gasteiger partial charge in [0.05, 0.1) is 12.8 Å². The highest BCUT2D eigenvalue weighted by atomic mass is 16.4. The summed E-state index contributed by atoms with van der Waals surface area (Å²) in [5, 5.41) is 4.53. The minimum Gasteiger partial charge on any atom is -0.459 e. The highest BCUT2D eigenvalue weighted by Crippen LogP contribution is 2.10. The van der Waals surface area contributed by atoms with Crippen molar-refractivity contribution in [2.45, 2.75) is 0 Å². The lowest BCUT2D eigenvalue weighted by molar-refractivity contribution is -0.117. The molecular formula is C11H10N4O5. The van der Waals surface area contributed by atoms with Gasteiger partial charge in [0.2, 0.25) is 5.91 Å². The van der Waals surface area contributed by atoms with Crippen molar-refractivity contribution < 1.29 is 23.2 Å². The van der Waals surface area contributed by atoms with Crippen LogP contribution in [0.2, 0.25) is 0 Å². The zero-order valence-corrected chi connectivity index (χ0v) is 10.1.